The first kappa shape index (κ1) is 11.5. The molecule has 2 nitrogen and oxygen atoms in total. The minimum absolute atomic E-state index is 0.234. The topological polar surface area (TPSA) is 21.3 Å². The standard InChI is InChI=1S/C14H21NO/c1-11(2)16-13-7-5-4-6-12(13)10-15-14(3)8-9-14/h4-7,11,15H,8-10H2,1-3H3. The van der Waals surface area contributed by atoms with Crippen molar-refractivity contribution in [2.75, 3.05) is 0 Å². The number of hydrogen-bond donors (Lipinski definition) is 1. The smallest absolute Gasteiger partial charge is 0.124 e. The van der Waals surface area contributed by atoms with Crippen molar-refractivity contribution in [1.82, 2.24) is 5.32 Å². The second-order valence-electron chi connectivity index (χ2n) is 5.19. The van der Waals surface area contributed by atoms with Crippen LogP contribution in [-0.2, 0) is 6.54 Å². The Kier molecular flexibility index (Phi) is 3.20. The molecule has 0 aliphatic heterocycles. The molecule has 0 amide bonds. The van der Waals surface area contributed by atoms with Crippen LogP contribution >= 0.6 is 0 Å². The van der Waals surface area contributed by atoms with Crippen molar-refractivity contribution in [3.8, 4) is 5.75 Å². The molecule has 1 fully saturated rings. The van der Waals surface area contributed by atoms with Crippen molar-refractivity contribution in [3.63, 3.8) is 0 Å². The number of ether oxygens (including phenoxy) is 1. The van der Waals surface area contributed by atoms with Gasteiger partial charge in [0.15, 0.2) is 0 Å². The molecule has 0 heterocycles. The summed E-state index contributed by atoms with van der Waals surface area (Å²) in [7, 11) is 0. The summed E-state index contributed by atoms with van der Waals surface area (Å²) in [6.07, 6.45) is 2.82. The van der Waals surface area contributed by atoms with Gasteiger partial charge in [-0.1, -0.05) is 18.2 Å². The van der Waals surface area contributed by atoms with Crippen molar-refractivity contribution in [2.24, 2.45) is 0 Å². The van der Waals surface area contributed by atoms with E-state index < -0.39 is 0 Å². The van der Waals surface area contributed by atoms with E-state index in [-0.39, 0.29) is 6.10 Å². The number of para-hydroxylation sites is 1. The lowest BCUT2D eigenvalue weighted by Crippen LogP contribution is -2.27. The fourth-order valence-corrected chi connectivity index (χ4v) is 1.69. The molecule has 1 saturated carbocycles. The Morgan fingerprint density at radius 3 is 2.62 bits per heavy atom. The maximum Gasteiger partial charge on any atom is 0.124 e. The maximum atomic E-state index is 5.79. The molecule has 1 aromatic carbocycles. The first-order valence-electron chi connectivity index (χ1n) is 6.09. The van der Waals surface area contributed by atoms with Gasteiger partial charge in [-0.15, -0.1) is 0 Å². The molecule has 2 heteroatoms. The van der Waals surface area contributed by atoms with Crippen molar-refractivity contribution >= 4 is 0 Å². The van der Waals surface area contributed by atoms with E-state index in [0.717, 1.165) is 12.3 Å². The van der Waals surface area contributed by atoms with Gasteiger partial charge in [-0.25, -0.2) is 0 Å². The molecular weight excluding hydrogens is 198 g/mol. The molecule has 0 saturated heterocycles. The molecule has 88 valence electrons. The van der Waals surface area contributed by atoms with Crippen LogP contribution in [0.3, 0.4) is 0 Å². The minimum Gasteiger partial charge on any atom is -0.491 e. The average Bonchev–Trinajstić information content (AvgIpc) is 2.95. The molecule has 1 N–H and O–H groups in total. The summed E-state index contributed by atoms with van der Waals surface area (Å²) in [5.41, 5.74) is 1.63. The van der Waals surface area contributed by atoms with Crippen molar-refractivity contribution in [1.29, 1.82) is 0 Å². The van der Waals surface area contributed by atoms with Crippen molar-refractivity contribution < 1.29 is 4.74 Å². The molecule has 0 spiro atoms. The van der Waals surface area contributed by atoms with E-state index in [9.17, 15) is 0 Å². The third-order valence-electron chi connectivity index (χ3n) is 3.04. The summed E-state index contributed by atoms with van der Waals surface area (Å²) in [4.78, 5) is 0. The highest BCUT2D eigenvalue weighted by Crippen LogP contribution is 2.35. The van der Waals surface area contributed by atoms with Gasteiger partial charge < -0.3 is 10.1 Å². The van der Waals surface area contributed by atoms with E-state index >= 15 is 0 Å². The molecule has 1 aliphatic carbocycles. The molecule has 0 radical (unpaired) electrons. The zero-order valence-corrected chi connectivity index (χ0v) is 10.4. The third kappa shape index (κ3) is 2.99. The van der Waals surface area contributed by atoms with Crippen LogP contribution in [0.5, 0.6) is 5.75 Å². The Labute approximate surface area is 98.0 Å². The molecule has 2 rings (SSSR count). The highest BCUT2D eigenvalue weighted by atomic mass is 16.5. The van der Waals surface area contributed by atoms with Gasteiger partial charge in [0.05, 0.1) is 6.10 Å². The molecular formula is C14H21NO. The van der Waals surface area contributed by atoms with Gasteiger partial charge in [0.2, 0.25) is 0 Å². The summed E-state index contributed by atoms with van der Waals surface area (Å²) >= 11 is 0. The Morgan fingerprint density at radius 2 is 2.00 bits per heavy atom. The normalized spacial score (nSPS) is 17.5. The zero-order valence-electron chi connectivity index (χ0n) is 10.4. The fraction of sp³-hybridized carbons (Fsp3) is 0.571. The molecule has 1 aliphatic rings. The van der Waals surface area contributed by atoms with Crippen LogP contribution in [0.2, 0.25) is 0 Å². The first-order valence-corrected chi connectivity index (χ1v) is 6.09. The van der Waals surface area contributed by atoms with Gasteiger partial charge in [0.25, 0.3) is 0 Å². The SMILES string of the molecule is CC(C)Oc1ccccc1CNC1(C)CC1. The van der Waals surface area contributed by atoms with Crippen LogP contribution in [0.1, 0.15) is 39.2 Å². The predicted octanol–water partition coefficient (Wildman–Crippen LogP) is 3.12. The number of hydrogen-bond acceptors (Lipinski definition) is 2. The lowest BCUT2D eigenvalue weighted by Gasteiger charge is -2.16. The van der Waals surface area contributed by atoms with E-state index in [0.29, 0.717) is 5.54 Å². The second-order valence-corrected chi connectivity index (χ2v) is 5.19. The second kappa shape index (κ2) is 4.46. The summed E-state index contributed by atoms with van der Waals surface area (Å²) in [6.45, 7) is 7.30. The van der Waals surface area contributed by atoms with Gasteiger partial charge in [0, 0.05) is 17.6 Å². The zero-order chi connectivity index (χ0) is 11.6. The highest BCUT2D eigenvalue weighted by molar-refractivity contribution is 5.33. The number of benzene rings is 1. The Hall–Kier alpha value is -1.02. The fourth-order valence-electron chi connectivity index (χ4n) is 1.69. The minimum atomic E-state index is 0.234. The van der Waals surface area contributed by atoms with Crippen molar-refractivity contribution in [2.45, 2.75) is 51.8 Å². The predicted molar refractivity (Wildman–Crippen MR) is 66.7 cm³/mol. The summed E-state index contributed by atoms with van der Waals surface area (Å²) in [6, 6.07) is 8.28. The van der Waals surface area contributed by atoms with E-state index in [1.807, 2.05) is 12.1 Å². The lowest BCUT2D eigenvalue weighted by atomic mass is 10.2. The van der Waals surface area contributed by atoms with Crippen LogP contribution in [0.15, 0.2) is 24.3 Å². The number of nitrogens with one attached hydrogen (secondary N) is 1. The molecule has 0 atom stereocenters. The first-order chi connectivity index (χ1) is 7.59. The molecule has 1 aromatic rings. The van der Waals surface area contributed by atoms with Crippen LogP contribution < -0.4 is 10.1 Å². The van der Waals surface area contributed by atoms with Gasteiger partial charge in [-0.3, -0.25) is 0 Å². The monoisotopic (exact) mass is 219 g/mol. The van der Waals surface area contributed by atoms with E-state index in [1.165, 1.54) is 18.4 Å². The van der Waals surface area contributed by atoms with E-state index in [2.05, 4.69) is 38.2 Å². The van der Waals surface area contributed by atoms with Gasteiger partial charge in [-0.2, -0.15) is 0 Å². The average molecular weight is 219 g/mol. The molecule has 0 unspecified atom stereocenters. The van der Waals surface area contributed by atoms with Gasteiger partial charge in [-0.05, 0) is 39.7 Å². The quantitative estimate of drug-likeness (QED) is 0.821. The van der Waals surface area contributed by atoms with Crippen LogP contribution in [0.4, 0.5) is 0 Å². The third-order valence-corrected chi connectivity index (χ3v) is 3.04. The summed E-state index contributed by atoms with van der Waals surface area (Å²) in [5, 5.41) is 3.58. The van der Waals surface area contributed by atoms with Crippen LogP contribution in [0.25, 0.3) is 0 Å². The van der Waals surface area contributed by atoms with Gasteiger partial charge in [0.1, 0.15) is 5.75 Å². The maximum absolute atomic E-state index is 5.79. The number of rotatable bonds is 5. The molecule has 16 heavy (non-hydrogen) atoms. The Bertz CT molecular complexity index is 356. The van der Waals surface area contributed by atoms with Gasteiger partial charge >= 0.3 is 0 Å². The van der Waals surface area contributed by atoms with Crippen LogP contribution in [-0.4, -0.2) is 11.6 Å². The van der Waals surface area contributed by atoms with E-state index in [1.54, 1.807) is 0 Å². The summed E-state index contributed by atoms with van der Waals surface area (Å²) < 4.78 is 5.79. The lowest BCUT2D eigenvalue weighted by molar-refractivity contribution is 0.239. The Morgan fingerprint density at radius 1 is 1.31 bits per heavy atom. The van der Waals surface area contributed by atoms with Crippen LogP contribution in [0, 0.1) is 0 Å². The molecule has 0 bridgehead atoms. The molecule has 0 aromatic heterocycles. The van der Waals surface area contributed by atoms with E-state index in [4.69, 9.17) is 4.74 Å². The largest absolute Gasteiger partial charge is 0.491 e. The Balaban J connectivity index is 2.01. The highest BCUT2D eigenvalue weighted by Gasteiger charge is 2.36. The van der Waals surface area contributed by atoms with Crippen molar-refractivity contribution in [3.05, 3.63) is 29.8 Å². The summed E-state index contributed by atoms with van der Waals surface area (Å²) in [5.74, 6) is 1.01.